The van der Waals surface area contributed by atoms with Crippen molar-refractivity contribution in [3.05, 3.63) is 47.5 Å². The molecule has 2 fully saturated rings. The molecule has 0 radical (unpaired) electrons. The zero-order valence-corrected chi connectivity index (χ0v) is 12.3. The molecule has 4 unspecified atom stereocenters. The molecule has 0 saturated carbocycles. The molecule has 3 heterocycles. The standard InChI is InChI=1S/C18H16O5/c19-11-6-10(9-4-2-1-3-5-9)14-15(16(11)20)18-13(23-18)8-21-7-12-17(14)22-12/h1-6,12-13,17-20H,7-8H2. The van der Waals surface area contributed by atoms with Gasteiger partial charge in [0.1, 0.15) is 24.4 Å². The smallest absolute Gasteiger partial charge is 0.163 e. The van der Waals surface area contributed by atoms with Crippen molar-refractivity contribution in [2.24, 2.45) is 0 Å². The maximum Gasteiger partial charge on any atom is 0.163 e. The average molecular weight is 312 g/mol. The second-order valence-corrected chi connectivity index (χ2v) is 6.21. The molecule has 3 aliphatic rings. The van der Waals surface area contributed by atoms with Gasteiger partial charge in [-0.3, -0.25) is 0 Å². The highest BCUT2D eigenvalue weighted by molar-refractivity contribution is 5.75. The highest BCUT2D eigenvalue weighted by atomic mass is 16.6. The Morgan fingerprint density at radius 1 is 0.870 bits per heavy atom. The van der Waals surface area contributed by atoms with E-state index in [9.17, 15) is 10.2 Å². The number of phenols is 2. The minimum Gasteiger partial charge on any atom is -0.504 e. The van der Waals surface area contributed by atoms with Gasteiger partial charge < -0.3 is 24.4 Å². The number of fused-ring (bicyclic) bond motifs is 5. The number of benzene rings is 2. The first-order valence-corrected chi connectivity index (χ1v) is 7.77. The maximum absolute atomic E-state index is 10.4. The highest BCUT2D eigenvalue weighted by Gasteiger charge is 2.52. The van der Waals surface area contributed by atoms with Crippen LogP contribution in [-0.4, -0.2) is 35.6 Å². The molecule has 0 aliphatic carbocycles. The molecule has 0 aromatic heterocycles. The Bertz CT molecular complexity index is 773. The number of rotatable bonds is 1. The van der Waals surface area contributed by atoms with E-state index in [0.29, 0.717) is 18.8 Å². The fraction of sp³-hybridized carbons (Fsp3) is 0.333. The lowest BCUT2D eigenvalue weighted by atomic mass is 9.89. The summed E-state index contributed by atoms with van der Waals surface area (Å²) in [6.45, 7) is 0.999. The molecule has 0 amide bonds. The first-order chi connectivity index (χ1) is 11.2. The van der Waals surface area contributed by atoms with Gasteiger partial charge in [-0.25, -0.2) is 0 Å². The number of phenolic OH excluding ortho intramolecular Hbond substituents is 2. The van der Waals surface area contributed by atoms with Crippen LogP contribution < -0.4 is 0 Å². The van der Waals surface area contributed by atoms with Crippen molar-refractivity contribution in [2.75, 3.05) is 13.2 Å². The minimum absolute atomic E-state index is 0.00217. The zero-order valence-electron chi connectivity index (χ0n) is 12.3. The van der Waals surface area contributed by atoms with Gasteiger partial charge in [-0.1, -0.05) is 30.3 Å². The summed E-state index contributed by atoms with van der Waals surface area (Å²) < 4.78 is 17.0. The van der Waals surface area contributed by atoms with Crippen molar-refractivity contribution >= 4 is 0 Å². The molecule has 5 nitrogen and oxygen atoms in total. The highest BCUT2D eigenvalue weighted by Crippen LogP contribution is 2.56. The summed E-state index contributed by atoms with van der Waals surface area (Å²) in [6, 6.07) is 11.4. The van der Waals surface area contributed by atoms with Crippen LogP contribution in [0.1, 0.15) is 23.3 Å². The molecule has 23 heavy (non-hydrogen) atoms. The van der Waals surface area contributed by atoms with Crippen molar-refractivity contribution in [2.45, 2.75) is 24.4 Å². The summed E-state index contributed by atoms with van der Waals surface area (Å²) >= 11 is 0. The van der Waals surface area contributed by atoms with Gasteiger partial charge in [0.05, 0.1) is 13.2 Å². The number of ether oxygens (including phenoxy) is 3. The summed E-state index contributed by atoms with van der Waals surface area (Å²) in [5, 5.41) is 20.6. The molecular formula is C18H16O5. The Labute approximate surface area is 133 Å². The van der Waals surface area contributed by atoms with Gasteiger partial charge in [-0.2, -0.15) is 0 Å². The number of hydrogen-bond donors (Lipinski definition) is 2. The second kappa shape index (κ2) is 4.71. The van der Waals surface area contributed by atoms with E-state index >= 15 is 0 Å². The first kappa shape index (κ1) is 13.4. The lowest BCUT2D eigenvalue weighted by Crippen LogP contribution is -2.06. The molecule has 2 saturated heterocycles. The first-order valence-electron chi connectivity index (χ1n) is 7.77. The number of hydrogen-bond acceptors (Lipinski definition) is 5. The maximum atomic E-state index is 10.4. The van der Waals surface area contributed by atoms with Crippen molar-refractivity contribution in [1.82, 2.24) is 0 Å². The van der Waals surface area contributed by atoms with Gasteiger partial charge in [0.25, 0.3) is 0 Å². The Hall–Kier alpha value is -2.08. The van der Waals surface area contributed by atoms with Gasteiger partial charge in [0, 0.05) is 11.1 Å². The van der Waals surface area contributed by atoms with Crippen LogP contribution in [0.25, 0.3) is 11.1 Å². The van der Waals surface area contributed by atoms with E-state index in [-0.39, 0.29) is 35.9 Å². The molecular weight excluding hydrogens is 296 g/mol. The van der Waals surface area contributed by atoms with E-state index in [4.69, 9.17) is 14.2 Å². The van der Waals surface area contributed by atoms with E-state index in [1.54, 1.807) is 6.07 Å². The van der Waals surface area contributed by atoms with E-state index < -0.39 is 0 Å². The van der Waals surface area contributed by atoms with E-state index in [2.05, 4.69) is 0 Å². The van der Waals surface area contributed by atoms with E-state index in [1.807, 2.05) is 30.3 Å². The van der Waals surface area contributed by atoms with Crippen LogP contribution in [-0.2, 0) is 14.2 Å². The van der Waals surface area contributed by atoms with Crippen molar-refractivity contribution in [3.63, 3.8) is 0 Å². The van der Waals surface area contributed by atoms with Crippen molar-refractivity contribution < 1.29 is 24.4 Å². The predicted molar refractivity (Wildman–Crippen MR) is 81.3 cm³/mol. The monoisotopic (exact) mass is 312 g/mol. The minimum atomic E-state index is -0.248. The van der Waals surface area contributed by atoms with Gasteiger partial charge >= 0.3 is 0 Å². The molecule has 3 aliphatic heterocycles. The Morgan fingerprint density at radius 3 is 2.22 bits per heavy atom. The summed E-state index contributed by atoms with van der Waals surface area (Å²) in [7, 11) is 0. The third-order valence-electron chi connectivity index (χ3n) is 4.74. The van der Waals surface area contributed by atoms with Crippen LogP contribution >= 0.6 is 0 Å². The van der Waals surface area contributed by atoms with Gasteiger partial charge in [0.2, 0.25) is 0 Å². The van der Waals surface area contributed by atoms with Crippen molar-refractivity contribution in [3.8, 4) is 22.6 Å². The molecule has 2 aromatic rings. The van der Waals surface area contributed by atoms with E-state index in [0.717, 1.165) is 16.7 Å². The Kier molecular flexibility index (Phi) is 2.74. The van der Waals surface area contributed by atoms with Crippen LogP contribution in [0.15, 0.2) is 36.4 Å². The van der Waals surface area contributed by atoms with Crippen molar-refractivity contribution in [1.29, 1.82) is 0 Å². The molecule has 2 N–H and O–H groups in total. The van der Waals surface area contributed by atoms with Gasteiger partial charge in [0.15, 0.2) is 11.5 Å². The van der Waals surface area contributed by atoms with Crippen LogP contribution in [0.4, 0.5) is 0 Å². The number of aromatic hydroxyl groups is 2. The summed E-state index contributed by atoms with van der Waals surface area (Å²) in [6.07, 6.45) is -0.447. The normalized spacial score (nSPS) is 31.0. The summed E-state index contributed by atoms with van der Waals surface area (Å²) in [5.74, 6) is -0.238. The SMILES string of the molecule is Oc1cc(-c2ccccc2)c2c(c1O)C1OC1COCC1OC21. The van der Waals surface area contributed by atoms with Crippen LogP contribution in [0.5, 0.6) is 11.5 Å². The largest absolute Gasteiger partial charge is 0.504 e. The molecule has 0 bridgehead atoms. The lowest BCUT2D eigenvalue weighted by molar-refractivity contribution is 0.102. The molecule has 5 heteroatoms. The predicted octanol–water partition coefficient (Wildman–Crippen LogP) is 2.67. The van der Waals surface area contributed by atoms with E-state index in [1.165, 1.54) is 0 Å². The Balaban J connectivity index is 1.76. The lowest BCUT2D eigenvalue weighted by Gasteiger charge is -2.15. The summed E-state index contributed by atoms with van der Waals surface area (Å²) in [4.78, 5) is 0. The average Bonchev–Trinajstić information content (AvgIpc) is 3.47. The third kappa shape index (κ3) is 2.05. The van der Waals surface area contributed by atoms with Crippen LogP contribution in [0.2, 0.25) is 0 Å². The van der Waals surface area contributed by atoms with Crippen LogP contribution in [0, 0.1) is 0 Å². The molecule has 118 valence electrons. The summed E-state index contributed by atoms with van der Waals surface area (Å²) in [5.41, 5.74) is 3.41. The quantitative estimate of drug-likeness (QED) is 0.625. The topological polar surface area (TPSA) is 74.8 Å². The second-order valence-electron chi connectivity index (χ2n) is 6.21. The fourth-order valence-electron chi connectivity index (χ4n) is 3.49. The number of epoxide rings is 2. The third-order valence-corrected chi connectivity index (χ3v) is 4.74. The molecule has 2 aromatic carbocycles. The molecule has 4 atom stereocenters. The van der Waals surface area contributed by atoms with Crippen LogP contribution in [0.3, 0.4) is 0 Å². The fourth-order valence-corrected chi connectivity index (χ4v) is 3.49. The zero-order chi connectivity index (χ0) is 15.6. The Morgan fingerprint density at radius 2 is 1.52 bits per heavy atom. The van der Waals surface area contributed by atoms with Gasteiger partial charge in [-0.15, -0.1) is 0 Å². The van der Waals surface area contributed by atoms with Gasteiger partial charge in [-0.05, 0) is 17.2 Å². The molecule has 5 rings (SSSR count). The molecule has 0 spiro atoms.